The SMILES string of the molecule is CCC1(C)CC(C(CCN)c2ccc(C)cc2)CCO1. The van der Waals surface area contributed by atoms with E-state index >= 15 is 0 Å². The van der Waals surface area contributed by atoms with Gasteiger partial charge in [0.15, 0.2) is 0 Å². The average Bonchev–Trinajstić information content (AvgIpc) is 2.46. The Hall–Kier alpha value is -0.860. The second kappa shape index (κ2) is 6.73. The van der Waals surface area contributed by atoms with Gasteiger partial charge in [-0.05, 0) is 63.5 Å². The Morgan fingerprint density at radius 1 is 1.35 bits per heavy atom. The van der Waals surface area contributed by atoms with Crippen molar-refractivity contribution in [2.75, 3.05) is 13.2 Å². The fourth-order valence-corrected chi connectivity index (χ4v) is 3.43. The van der Waals surface area contributed by atoms with E-state index < -0.39 is 0 Å². The summed E-state index contributed by atoms with van der Waals surface area (Å²) in [5, 5.41) is 0. The molecule has 112 valence electrons. The van der Waals surface area contributed by atoms with Crippen LogP contribution in [0.5, 0.6) is 0 Å². The zero-order valence-corrected chi connectivity index (χ0v) is 13.2. The maximum atomic E-state index is 6.00. The van der Waals surface area contributed by atoms with Gasteiger partial charge in [0.25, 0.3) is 0 Å². The molecule has 2 heteroatoms. The molecular formula is C18H29NO. The number of hydrogen-bond acceptors (Lipinski definition) is 2. The third-order valence-electron chi connectivity index (χ3n) is 4.93. The van der Waals surface area contributed by atoms with Crippen molar-refractivity contribution in [2.24, 2.45) is 11.7 Å². The zero-order chi connectivity index (χ0) is 14.6. The lowest BCUT2D eigenvalue weighted by Gasteiger charge is -2.41. The van der Waals surface area contributed by atoms with Gasteiger partial charge >= 0.3 is 0 Å². The van der Waals surface area contributed by atoms with Crippen LogP contribution in [0.2, 0.25) is 0 Å². The van der Waals surface area contributed by atoms with Gasteiger partial charge in [-0.1, -0.05) is 36.8 Å². The lowest BCUT2D eigenvalue weighted by molar-refractivity contribution is -0.0914. The third-order valence-corrected chi connectivity index (χ3v) is 4.93. The van der Waals surface area contributed by atoms with Gasteiger partial charge in [0, 0.05) is 6.61 Å². The minimum absolute atomic E-state index is 0.0560. The first-order valence-electron chi connectivity index (χ1n) is 7.98. The van der Waals surface area contributed by atoms with Crippen LogP contribution in [0.4, 0.5) is 0 Å². The van der Waals surface area contributed by atoms with Crippen molar-refractivity contribution in [3.8, 4) is 0 Å². The lowest BCUT2D eigenvalue weighted by atomic mass is 9.74. The average molecular weight is 275 g/mol. The second-order valence-corrected chi connectivity index (χ2v) is 6.50. The Kier molecular flexibility index (Phi) is 5.22. The fraction of sp³-hybridized carbons (Fsp3) is 0.667. The minimum atomic E-state index is 0.0560. The molecule has 1 aromatic rings. The summed E-state index contributed by atoms with van der Waals surface area (Å²) in [6.45, 7) is 8.28. The maximum absolute atomic E-state index is 6.00. The first-order valence-corrected chi connectivity index (χ1v) is 7.98. The van der Waals surface area contributed by atoms with Gasteiger partial charge in [-0.15, -0.1) is 0 Å². The molecule has 1 aromatic carbocycles. The summed E-state index contributed by atoms with van der Waals surface area (Å²) in [4.78, 5) is 0. The van der Waals surface area contributed by atoms with Gasteiger partial charge in [0.05, 0.1) is 5.60 Å². The first kappa shape index (κ1) is 15.5. The van der Waals surface area contributed by atoms with Gasteiger partial charge in [-0.3, -0.25) is 0 Å². The van der Waals surface area contributed by atoms with Crippen LogP contribution in [-0.4, -0.2) is 18.8 Å². The number of rotatable bonds is 5. The van der Waals surface area contributed by atoms with Crippen LogP contribution in [0.25, 0.3) is 0 Å². The fourth-order valence-electron chi connectivity index (χ4n) is 3.43. The highest BCUT2D eigenvalue weighted by molar-refractivity contribution is 5.25. The second-order valence-electron chi connectivity index (χ2n) is 6.50. The highest BCUT2D eigenvalue weighted by atomic mass is 16.5. The number of aryl methyl sites for hydroxylation is 1. The van der Waals surface area contributed by atoms with Gasteiger partial charge in [0.2, 0.25) is 0 Å². The third kappa shape index (κ3) is 3.62. The molecule has 20 heavy (non-hydrogen) atoms. The molecule has 1 aliphatic rings. The van der Waals surface area contributed by atoms with Crippen molar-refractivity contribution >= 4 is 0 Å². The van der Waals surface area contributed by atoms with Crippen molar-refractivity contribution in [3.63, 3.8) is 0 Å². The van der Waals surface area contributed by atoms with Crippen molar-refractivity contribution in [1.29, 1.82) is 0 Å². The van der Waals surface area contributed by atoms with E-state index in [1.165, 1.54) is 11.1 Å². The molecule has 0 spiro atoms. The van der Waals surface area contributed by atoms with E-state index in [2.05, 4.69) is 45.0 Å². The molecule has 0 amide bonds. The van der Waals surface area contributed by atoms with Crippen molar-refractivity contribution in [3.05, 3.63) is 35.4 Å². The van der Waals surface area contributed by atoms with E-state index in [1.807, 2.05) is 0 Å². The van der Waals surface area contributed by atoms with E-state index in [0.717, 1.165) is 38.8 Å². The molecule has 1 saturated heterocycles. The molecule has 1 aliphatic heterocycles. The molecular weight excluding hydrogens is 246 g/mol. The summed E-state index contributed by atoms with van der Waals surface area (Å²) >= 11 is 0. The Morgan fingerprint density at radius 2 is 2.05 bits per heavy atom. The Morgan fingerprint density at radius 3 is 2.65 bits per heavy atom. The molecule has 2 nitrogen and oxygen atoms in total. The number of benzene rings is 1. The maximum Gasteiger partial charge on any atom is 0.0654 e. The first-order chi connectivity index (χ1) is 9.58. The Balaban J connectivity index is 2.17. The van der Waals surface area contributed by atoms with Crippen LogP contribution in [0.15, 0.2) is 24.3 Å². The van der Waals surface area contributed by atoms with Gasteiger partial charge in [0.1, 0.15) is 0 Å². The molecule has 3 atom stereocenters. The van der Waals surface area contributed by atoms with Crippen LogP contribution in [-0.2, 0) is 4.74 Å². The largest absolute Gasteiger partial charge is 0.375 e. The summed E-state index contributed by atoms with van der Waals surface area (Å²) in [6.07, 6.45) is 4.48. The summed E-state index contributed by atoms with van der Waals surface area (Å²) < 4.78 is 6.00. The smallest absolute Gasteiger partial charge is 0.0654 e. The molecule has 2 N–H and O–H groups in total. The summed E-state index contributed by atoms with van der Waals surface area (Å²) in [7, 11) is 0. The molecule has 1 fully saturated rings. The topological polar surface area (TPSA) is 35.2 Å². The number of ether oxygens (including phenoxy) is 1. The number of nitrogens with two attached hydrogens (primary N) is 1. The predicted octanol–water partition coefficient (Wildman–Crippen LogP) is 4.02. The molecule has 0 radical (unpaired) electrons. The minimum Gasteiger partial charge on any atom is -0.375 e. The Labute approximate surface area is 123 Å². The van der Waals surface area contributed by atoms with Crippen molar-refractivity contribution in [1.82, 2.24) is 0 Å². The monoisotopic (exact) mass is 275 g/mol. The summed E-state index contributed by atoms with van der Waals surface area (Å²) in [6, 6.07) is 9.01. The summed E-state index contributed by atoms with van der Waals surface area (Å²) in [5.74, 6) is 1.27. The number of hydrogen-bond donors (Lipinski definition) is 1. The van der Waals surface area contributed by atoms with Gasteiger partial charge in [-0.25, -0.2) is 0 Å². The normalized spacial score (nSPS) is 28.3. The molecule has 0 aromatic heterocycles. The van der Waals surface area contributed by atoms with Crippen LogP contribution in [0.3, 0.4) is 0 Å². The standard InChI is InChI=1S/C18H29NO/c1-4-18(3)13-16(10-12-20-18)17(9-11-19)15-7-5-14(2)6-8-15/h5-8,16-17H,4,9-13,19H2,1-3H3. The molecule has 3 unspecified atom stereocenters. The van der Waals surface area contributed by atoms with E-state index in [9.17, 15) is 0 Å². The predicted molar refractivity (Wildman–Crippen MR) is 85.0 cm³/mol. The van der Waals surface area contributed by atoms with E-state index in [1.54, 1.807) is 0 Å². The Bertz CT molecular complexity index is 414. The van der Waals surface area contributed by atoms with E-state index in [0.29, 0.717) is 11.8 Å². The van der Waals surface area contributed by atoms with E-state index in [4.69, 9.17) is 10.5 Å². The highest BCUT2D eigenvalue weighted by Crippen LogP contribution is 2.41. The highest BCUT2D eigenvalue weighted by Gasteiger charge is 2.35. The quantitative estimate of drug-likeness (QED) is 0.880. The van der Waals surface area contributed by atoms with Crippen LogP contribution in [0.1, 0.15) is 56.6 Å². The van der Waals surface area contributed by atoms with E-state index in [-0.39, 0.29) is 5.60 Å². The molecule has 1 heterocycles. The van der Waals surface area contributed by atoms with Crippen LogP contribution < -0.4 is 5.73 Å². The van der Waals surface area contributed by atoms with Crippen molar-refractivity contribution < 1.29 is 4.74 Å². The van der Waals surface area contributed by atoms with Crippen LogP contribution >= 0.6 is 0 Å². The molecule has 0 saturated carbocycles. The molecule has 0 bridgehead atoms. The van der Waals surface area contributed by atoms with Gasteiger partial charge in [-0.2, -0.15) is 0 Å². The van der Waals surface area contributed by atoms with Gasteiger partial charge < -0.3 is 10.5 Å². The zero-order valence-electron chi connectivity index (χ0n) is 13.2. The summed E-state index contributed by atoms with van der Waals surface area (Å²) in [5.41, 5.74) is 8.70. The van der Waals surface area contributed by atoms with Crippen molar-refractivity contribution in [2.45, 2.75) is 58.0 Å². The molecule has 2 rings (SSSR count). The molecule has 0 aliphatic carbocycles. The lowest BCUT2D eigenvalue weighted by Crippen LogP contribution is -2.38. The van der Waals surface area contributed by atoms with Crippen LogP contribution in [0, 0.1) is 12.8 Å².